The highest BCUT2D eigenvalue weighted by atomic mass is 32.2. The molecule has 0 spiro atoms. The molecule has 39 heavy (non-hydrogen) atoms. The monoisotopic (exact) mass is 561 g/mol. The predicted molar refractivity (Wildman–Crippen MR) is 143 cm³/mol. The van der Waals surface area contributed by atoms with Crippen molar-refractivity contribution in [2.75, 3.05) is 13.1 Å². The first-order valence-electron chi connectivity index (χ1n) is 12.5. The van der Waals surface area contributed by atoms with Crippen LogP contribution in [-0.4, -0.2) is 49.7 Å². The molecule has 0 saturated carbocycles. The number of piperidine rings is 1. The molecule has 1 aliphatic heterocycles. The largest absolute Gasteiger partial charge is 0.573 e. The summed E-state index contributed by atoms with van der Waals surface area (Å²) in [5, 5.41) is 16.8. The van der Waals surface area contributed by atoms with Crippen LogP contribution < -0.4 is 14.8 Å². The number of hydrogen-bond acceptors (Lipinski definition) is 5. The minimum absolute atomic E-state index is 0.0518. The molecule has 208 valence electrons. The molecule has 1 saturated heterocycles. The first kappa shape index (κ1) is 27.4. The number of nitrogens with zero attached hydrogens (tertiary/aromatic N) is 1. The Hall–Kier alpha value is -3.12. The standard InChI is InChI=1S/C28H30F3N3O4S/c1-27(2,3)17-8-13-24-21(14-17)20-6-4-5-7-23(20)34(24)25-16-32-15-22(26(25)35)33-39(36,37)19-11-9-18(10-12-19)38-28(29,30)31/h4-14,22,25-26,32-33,35H,15-16H2,1-3H3/t22-,25+,26+/m0/s1. The number of aromatic nitrogens is 1. The highest BCUT2D eigenvalue weighted by Crippen LogP contribution is 2.37. The van der Waals surface area contributed by atoms with Crippen molar-refractivity contribution in [3.05, 3.63) is 72.3 Å². The van der Waals surface area contributed by atoms with Crippen molar-refractivity contribution in [1.29, 1.82) is 0 Å². The smallest absolute Gasteiger partial charge is 0.406 e. The van der Waals surface area contributed by atoms with E-state index in [1.165, 1.54) is 5.56 Å². The summed E-state index contributed by atoms with van der Waals surface area (Å²) in [5.74, 6) is -0.526. The molecule has 1 fully saturated rings. The Balaban J connectivity index is 1.46. The van der Waals surface area contributed by atoms with Crippen LogP contribution in [0.1, 0.15) is 32.4 Å². The third-order valence-electron chi connectivity index (χ3n) is 7.11. The lowest BCUT2D eigenvalue weighted by Crippen LogP contribution is -2.58. The van der Waals surface area contributed by atoms with E-state index in [-0.39, 0.29) is 16.9 Å². The van der Waals surface area contributed by atoms with Gasteiger partial charge in [-0.2, -0.15) is 0 Å². The van der Waals surface area contributed by atoms with E-state index in [0.29, 0.717) is 6.54 Å². The Labute approximate surface area is 224 Å². The van der Waals surface area contributed by atoms with Crippen LogP contribution in [0, 0.1) is 0 Å². The molecule has 7 nitrogen and oxygen atoms in total. The van der Waals surface area contributed by atoms with E-state index in [2.05, 4.69) is 52.2 Å². The molecule has 2 heterocycles. The number of alkyl halides is 3. The van der Waals surface area contributed by atoms with Crippen LogP contribution >= 0.6 is 0 Å². The van der Waals surface area contributed by atoms with Crippen molar-refractivity contribution in [3.8, 4) is 5.75 Å². The van der Waals surface area contributed by atoms with Gasteiger partial charge in [0.15, 0.2) is 0 Å². The van der Waals surface area contributed by atoms with Gasteiger partial charge in [-0.05, 0) is 53.4 Å². The second kappa shape index (κ2) is 9.81. The number of halogens is 3. The molecule has 3 aromatic carbocycles. The summed E-state index contributed by atoms with van der Waals surface area (Å²) in [6.07, 6.45) is -5.97. The minimum atomic E-state index is -4.88. The van der Waals surface area contributed by atoms with Crippen LogP contribution in [0.4, 0.5) is 13.2 Å². The molecule has 3 atom stereocenters. The summed E-state index contributed by atoms with van der Waals surface area (Å²) < 4.78 is 71.9. The number of aliphatic hydroxyl groups is 1. The third kappa shape index (κ3) is 5.49. The zero-order chi connectivity index (χ0) is 28.2. The number of benzene rings is 3. The van der Waals surface area contributed by atoms with Crippen molar-refractivity contribution in [2.24, 2.45) is 0 Å². The lowest BCUT2D eigenvalue weighted by Gasteiger charge is -2.37. The molecule has 0 unspecified atom stereocenters. The Morgan fingerprint density at radius 3 is 2.28 bits per heavy atom. The second-order valence-corrected chi connectivity index (χ2v) is 12.5. The van der Waals surface area contributed by atoms with Crippen molar-refractivity contribution in [1.82, 2.24) is 14.6 Å². The molecule has 11 heteroatoms. The van der Waals surface area contributed by atoms with Gasteiger partial charge in [0.05, 0.1) is 23.1 Å². The number of hydrogen-bond donors (Lipinski definition) is 3. The molecule has 0 radical (unpaired) electrons. The average Bonchev–Trinajstić information content (AvgIpc) is 3.18. The average molecular weight is 562 g/mol. The van der Waals surface area contributed by atoms with Gasteiger partial charge < -0.3 is 19.7 Å². The van der Waals surface area contributed by atoms with E-state index in [1.807, 2.05) is 30.3 Å². The number of sulfonamides is 1. The molecule has 0 bridgehead atoms. The van der Waals surface area contributed by atoms with Crippen LogP contribution in [-0.2, 0) is 15.4 Å². The number of ether oxygens (including phenoxy) is 1. The maximum Gasteiger partial charge on any atom is 0.573 e. The molecule has 3 N–H and O–H groups in total. The predicted octanol–water partition coefficient (Wildman–Crippen LogP) is 4.84. The van der Waals surface area contributed by atoms with E-state index in [9.17, 15) is 26.7 Å². The van der Waals surface area contributed by atoms with Gasteiger partial charge in [0.1, 0.15) is 5.75 Å². The lowest BCUT2D eigenvalue weighted by atomic mass is 9.86. The van der Waals surface area contributed by atoms with Gasteiger partial charge in [-0.1, -0.05) is 45.0 Å². The van der Waals surface area contributed by atoms with Gasteiger partial charge in [-0.25, -0.2) is 13.1 Å². The van der Waals surface area contributed by atoms with E-state index in [4.69, 9.17) is 0 Å². The van der Waals surface area contributed by atoms with Crippen LogP contribution in [0.5, 0.6) is 5.75 Å². The molecule has 5 rings (SSSR count). The van der Waals surface area contributed by atoms with Crippen LogP contribution in [0.15, 0.2) is 71.6 Å². The Morgan fingerprint density at radius 2 is 1.62 bits per heavy atom. The molecule has 1 aromatic heterocycles. The summed E-state index contributed by atoms with van der Waals surface area (Å²) in [6, 6.07) is 16.8. The van der Waals surface area contributed by atoms with Gasteiger partial charge in [0, 0.05) is 34.9 Å². The first-order valence-corrected chi connectivity index (χ1v) is 14.0. The SMILES string of the molecule is CC(C)(C)c1ccc2c(c1)c1ccccc1n2[C@@H]1CNC[C@H](NS(=O)(=O)c2ccc(OC(F)(F)F)cc2)[C@H]1O. The number of rotatable bonds is 5. The van der Waals surface area contributed by atoms with Crippen molar-refractivity contribution >= 4 is 31.8 Å². The summed E-state index contributed by atoms with van der Waals surface area (Å²) in [4.78, 5) is -0.238. The van der Waals surface area contributed by atoms with E-state index in [0.717, 1.165) is 46.1 Å². The fourth-order valence-electron chi connectivity index (χ4n) is 5.17. The Morgan fingerprint density at radius 1 is 0.949 bits per heavy atom. The van der Waals surface area contributed by atoms with Gasteiger partial charge in [-0.15, -0.1) is 13.2 Å². The van der Waals surface area contributed by atoms with Crippen molar-refractivity contribution < 1.29 is 31.4 Å². The Bertz CT molecular complexity index is 1610. The molecular formula is C28H30F3N3O4S. The van der Waals surface area contributed by atoms with E-state index in [1.54, 1.807) is 0 Å². The van der Waals surface area contributed by atoms with Gasteiger partial charge in [0.2, 0.25) is 10.0 Å². The topological polar surface area (TPSA) is 92.6 Å². The second-order valence-electron chi connectivity index (χ2n) is 10.8. The van der Waals surface area contributed by atoms with Crippen molar-refractivity contribution in [3.63, 3.8) is 0 Å². The van der Waals surface area contributed by atoms with Crippen molar-refractivity contribution in [2.45, 2.75) is 55.6 Å². The third-order valence-corrected chi connectivity index (χ3v) is 8.61. The van der Waals surface area contributed by atoms with Crippen LogP contribution in [0.2, 0.25) is 0 Å². The maximum atomic E-state index is 13.1. The van der Waals surface area contributed by atoms with Gasteiger partial charge in [0.25, 0.3) is 0 Å². The zero-order valence-corrected chi connectivity index (χ0v) is 22.5. The number of fused-ring (bicyclic) bond motifs is 3. The highest BCUT2D eigenvalue weighted by Gasteiger charge is 2.37. The maximum absolute atomic E-state index is 13.1. The zero-order valence-electron chi connectivity index (χ0n) is 21.7. The van der Waals surface area contributed by atoms with Gasteiger partial charge in [-0.3, -0.25) is 0 Å². The number of para-hydroxylation sites is 1. The lowest BCUT2D eigenvalue weighted by molar-refractivity contribution is -0.274. The summed E-state index contributed by atoms with van der Waals surface area (Å²) in [6.45, 7) is 7.04. The molecular weight excluding hydrogens is 531 g/mol. The number of aliphatic hydroxyl groups excluding tert-OH is 1. The quantitative estimate of drug-likeness (QED) is 0.324. The number of nitrogens with one attached hydrogen (secondary N) is 2. The van der Waals surface area contributed by atoms with Crippen LogP contribution in [0.3, 0.4) is 0 Å². The van der Waals surface area contributed by atoms with E-state index >= 15 is 0 Å². The molecule has 0 aliphatic carbocycles. The minimum Gasteiger partial charge on any atom is -0.406 e. The molecule has 4 aromatic rings. The van der Waals surface area contributed by atoms with Crippen LogP contribution in [0.25, 0.3) is 21.8 Å². The Kier molecular flexibility index (Phi) is 6.91. The fraction of sp³-hybridized carbons (Fsp3) is 0.357. The molecule has 0 amide bonds. The normalized spacial score (nSPS) is 20.9. The fourth-order valence-corrected chi connectivity index (χ4v) is 6.42. The highest BCUT2D eigenvalue weighted by molar-refractivity contribution is 7.89. The molecule has 1 aliphatic rings. The summed E-state index contributed by atoms with van der Waals surface area (Å²) in [7, 11) is -4.15. The van der Waals surface area contributed by atoms with Gasteiger partial charge >= 0.3 is 6.36 Å². The summed E-state index contributed by atoms with van der Waals surface area (Å²) in [5.41, 5.74) is 2.98. The first-order chi connectivity index (χ1) is 18.2. The van der Waals surface area contributed by atoms with E-state index < -0.39 is 40.3 Å². The summed E-state index contributed by atoms with van der Waals surface area (Å²) >= 11 is 0.